The molecule has 0 aliphatic carbocycles. The van der Waals surface area contributed by atoms with Crippen molar-refractivity contribution in [3.63, 3.8) is 0 Å². The number of aliphatic hydroxyl groups is 1. The number of nitrogens with one attached hydrogen (secondary N) is 1. The molecule has 2 N–H and O–H groups in total. The van der Waals surface area contributed by atoms with E-state index in [1.54, 1.807) is 0 Å². The average molecular weight is 478 g/mol. The number of para-hydroxylation sites is 1. The summed E-state index contributed by atoms with van der Waals surface area (Å²) in [6.07, 6.45) is 0.272. The minimum absolute atomic E-state index is 0.124. The van der Waals surface area contributed by atoms with Crippen LogP contribution in [0, 0.1) is 13.8 Å². The van der Waals surface area contributed by atoms with Gasteiger partial charge < -0.3 is 14.8 Å². The third kappa shape index (κ3) is 5.73. The molecule has 6 nitrogen and oxygen atoms in total. The van der Waals surface area contributed by atoms with E-state index in [0.717, 1.165) is 40.2 Å². The van der Waals surface area contributed by atoms with Gasteiger partial charge in [-0.1, -0.05) is 48.9 Å². The van der Waals surface area contributed by atoms with Crippen molar-refractivity contribution in [2.45, 2.75) is 39.8 Å². The highest BCUT2D eigenvalue weighted by Gasteiger charge is 2.17. The van der Waals surface area contributed by atoms with Crippen molar-refractivity contribution in [2.24, 2.45) is 0 Å². The normalized spacial score (nSPS) is 12.4. The van der Waals surface area contributed by atoms with Crippen LogP contribution >= 0.6 is 11.3 Å². The van der Waals surface area contributed by atoms with Crippen LogP contribution in [0.4, 0.5) is 0 Å². The number of rotatable bonds is 10. The Morgan fingerprint density at radius 3 is 2.68 bits per heavy atom. The number of hydrogen-bond acceptors (Lipinski definition) is 6. The van der Waals surface area contributed by atoms with Gasteiger partial charge in [-0.2, -0.15) is 0 Å². The van der Waals surface area contributed by atoms with Crippen LogP contribution in [-0.2, 0) is 6.54 Å². The zero-order chi connectivity index (χ0) is 24.1. The molecular weight excluding hydrogens is 446 g/mol. The molecule has 0 amide bonds. The van der Waals surface area contributed by atoms with E-state index < -0.39 is 6.10 Å². The van der Waals surface area contributed by atoms with Crippen molar-refractivity contribution < 1.29 is 9.84 Å². The lowest BCUT2D eigenvalue weighted by molar-refractivity contribution is 0.0647. The molecule has 0 saturated heterocycles. The fourth-order valence-corrected chi connectivity index (χ4v) is 5.16. The van der Waals surface area contributed by atoms with Crippen molar-refractivity contribution in [3.8, 4) is 16.9 Å². The molecule has 7 heteroatoms. The van der Waals surface area contributed by atoms with E-state index in [-0.39, 0.29) is 12.2 Å². The first-order chi connectivity index (χ1) is 16.4. The lowest BCUT2D eigenvalue weighted by Gasteiger charge is -2.24. The summed E-state index contributed by atoms with van der Waals surface area (Å²) in [7, 11) is 0. The van der Waals surface area contributed by atoms with Crippen LogP contribution < -0.4 is 10.3 Å². The third-order valence-electron chi connectivity index (χ3n) is 5.73. The van der Waals surface area contributed by atoms with E-state index in [4.69, 9.17) is 9.72 Å². The second kappa shape index (κ2) is 11.0. The Hall–Kier alpha value is -3.00. The summed E-state index contributed by atoms with van der Waals surface area (Å²) >= 11 is 1.49. The van der Waals surface area contributed by atoms with E-state index in [1.807, 2.05) is 35.7 Å². The first-order valence-corrected chi connectivity index (χ1v) is 12.5. The molecule has 0 radical (unpaired) electrons. The molecule has 0 fully saturated rings. The lowest BCUT2D eigenvalue weighted by Crippen LogP contribution is -2.36. The largest absolute Gasteiger partial charge is 0.491 e. The van der Waals surface area contributed by atoms with Crippen molar-refractivity contribution in [1.29, 1.82) is 0 Å². The Labute approximate surface area is 203 Å². The molecule has 0 spiro atoms. The van der Waals surface area contributed by atoms with Gasteiger partial charge in [-0.3, -0.25) is 9.69 Å². The zero-order valence-electron chi connectivity index (χ0n) is 19.9. The van der Waals surface area contributed by atoms with E-state index >= 15 is 0 Å². The highest BCUT2D eigenvalue weighted by atomic mass is 32.1. The molecule has 178 valence electrons. The summed E-state index contributed by atoms with van der Waals surface area (Å²) in [5.41, 5.74) is 4.20. The highest BCUT2D eigenvalue weighted by Crippen LogP contribution is 2.33. The van der Waals surface area contributed by atoms with Gasteiger partial charge in [0.1, 0.15) is 29.1 Å². The van der Waals surface area contributed by atoms with Crippen molar-refractivity contribution in [3.05, 3.63) is 81.2 Å². The summed E-state index contributed by atoms with van der Waals surface area (Å²) in [6.45, 7) is 8.10. The van der Waals surface area contributed by atoms with Gasteiger partial charge in [0, 0.05) is 17.5 Å². The van der Waals surface area contributed by atoms with Crippen LogP contribution in [0.25, 0.3) is 21.3 Å². The number of ether oxygens (including phenoxy) is 1. The van der Waals surface area contributed by atoms with Gasteiger partial charge in [0.15, 0.2) is 0 Å². The van der Waals surface area contributed by atoms with Gasteiger partial charge in [-0.15, -0.1) is 11.3 Å². The molecule has 0 aliphatic rings. The van der Waals surface area contributed by atoms with E-state index in [2.05, 4.69) is 48.9 Å². The maximum absolute atomic E-state index is 13.1. The predicted octanol–water partition coefficient (Wildman–Crippen LogP) is 4.92. The predicted molar refractivity (Wildman–Crippen MR) is 139 cm³/mol. The molecule has 0 aliphatic heterocycles. The molecule has 2 heterocycles. The first-order valence-electron chi connectivity index (χ1n) is 11.6. The first kappa shape index (κ1) is 24.1. The van der Waals surface area contributed by atoms with Crippen LogP contribution in [0.3, 0.4) is 0 Å². The van der Waals surface area contributed by atoms with Gasteiger partial charge in [0.2, 0.25) is 0 Å². The summed E-state index contributed by atoms with van der Waals surface area (Å²) in [4.78, 5) is 23.7. The van der Waals surface area contributed by atoms with Crippen LogP contribution in [0.15, 0.2) is 58.7 Å². The average Bonchev–Trinajstić information content (AvgIpc) is 3.23. The Kier molecular flexibility index (Phi) is 7.77. The van der Waals surface area contributed by atoms with Crippen LogP contribution in [-0.4, -0.2) is 45.8 Å². The molecule has 2 aromatic heterocycles. The SMILES string of the molecule is CCCN(Cc1nc2scc(-c3ccc(C)cc3C)c2c(=O)[nH]1)CC(O)COc1ccccc1. The van der Waals surface area contributed by atoms with Crippen LogP contribution in [0.5, 0.6) is 5.75 Å². The van der Waals surface area contributed by atoms with Crippen LogP contribution in [0.2, 0.25) is 0 Å². The van der Waals surface area contributed by atoms with Crippen molar-refractivity contribution in [2.75, 3.05) is 19.7 Å². The molecule has 0 saturated carbocycles. The van der Waals surface area contributed by atoms with Crippen LogP contribution in [0.1, 0.15) is 30.3 Å². The van der Waals surface area contributed by atoms with Crippen molar-refractivity contribution in [1.82, 2.24) is 14.9 Å². The number of fused-ring (bicyclic) bond motifs is 1. The third-order valence-corrected chi connectivity index (χ3v) is 6.61. The molecule has 0 bridgehead atoms. The summed E-state index contributed by atoms with van der Waals surface area (Å²) in [5, 5.41) is 13.2. The van der Waals surface area contributed by atoms with Gasteiger partial charge in [-0.25, -0.2) is 4.98 Å². The Bertz CT molecular complexity index is 1300. The van der Waals surface area contributed by atoms with E-state index in [0.29, 0.717) is 24.3 Å². The zero-order valence-corrected chi connectivity index (χ0v) is 20.7. The number of aromatic amines is 1. The Balaban J connectivity index is 1.50. The van der Waals surface area contributed by atoms with Crippen molar-refractivity contribution >= 4 is 21.6 Å². The highest BCUT2D eigenvalue weighted by molar-refractivity contribution is 7.17. The van der Waals surface area contributed by atoms with Gasteiger partial charge >= 0.3 is 0 Å². The summed E-state index contributed by atoms with van der Waals surface area (Å²) < 4.78 is 5.69. The molecule has 1 unspecified atom stereocenters. The Morgan fingerprint density at radius 2 is 1.94 bits per heavy atom. The molecular formula is C27H31N3O3S. The molecule has 1 atom stereocenters. The quantitative estimate of drug-likeness (QED) is 0.339. The maximum atomic E-state index is 13.1. The van der Waals surface area contributed by atoms with E-state index in [9.17, 15) is 9.90 Å². The summed E-state index contributed by atoms with van der Waals surface area (Å²) in [6, 6.07) is 15.7. The fraction of sp³-hybridized carbons (Fsp3) is 0.333. The standard InChI is InChI=1S/C27H31N3O3S/c1-4-12-30(14-20(31)16-33-21-8-6-5-7-9-21)15-24-28-26(32)25-23(17-34-27(25)29-24)22-11-10-18(2)13-19(22)3/h5-11,13,17,20,31H,4,12,14-16H2,1-3H3,(H,28,29,32). The maximum Gasteiger partial charge on any atom is 0.260 e. The molecule has 34 heavy (non-hydrogen) atoms. The second-order valence-corrected chi connectivity index (χ2v) is 9.53. The van der Waals surface area contributed by atoms with Gasteiger partial charge in [0.25, 0.3) is 5.56 Å². The number of aliphatic hydroxyl groups excluding tert-OH is 1. The van der Waals surface area contributed by atoms with Gasteiger partial charge in [-0.05, 0) is 50.1 Å². The van der Waals surface area contributed by atoms with Gasteiger partial charge in [0.05, 0.1) is 11.9 Å². The second-order valence-electron chi connectivity index (χ2n) is 8.67. The molecule has 2 aromatic carbocycles. The number of nitrogens with zero attached hydrogens (tertiary/aromatic N) is 2. The topological polar surface area (TPSA) is 78.5 Å². The summed E-state index contributed by atoms with van der Waals surface area (Å²) in [5.74, 6) is 1.34. The minimum Gasteiger partial charge on any atom is -0.491 e. The Morgan fingerprint density at radius 1 is 1.15 bits per heavy atom. The number of aromatic nitrogens is 2. The molecule has 4 aromatic rings. The fourth-order valence-electron chi connectivity index (χ4n) is 4.21. The molecule has 4 rings (SSSR count). The monoisotopic (exact) mass is 477 g/mol. The number of thiophene rings is 1. The number of benzene rings is 2. The smallest absolute Gasteiger partial charge is 0.260 e. The number of hydrogen-bond donors (Lipinski definition) is 2. The number of H-pyrrole nitrogens is 1. The minimum atomic E-state index is -0.653. The van der Waals surface area contributed by atoms with E-state index in [1.165, 1.54) is 16.9 Å². The lowest BCUT2D eigenvalue weighted by atomic mass is 9.99. The number of aryl methyl sites for hydroxylation is 2.